The molecule has 1 aromatic rings. The van der Waals surface area contributed by atoms with Gasteiger partial charge in [-0.3, -0.25) is 0 Å². The van der Waals surface area contributed by atoms with Crippen LogP contribution in [0.4, 0.5) is 4.39 Å². The molecule has 0 heterocycles. The number of benzene rings is 1. The summed E-state index contributed by atoms with van der Waals surface area (Å²) in [6.07, 6.45) is 0. The van der Waals surface area contributed by atoms with Crippen LogP contribution in [0.5, 0.6) is 0 Å². The van der Waals surface area contributed by atoms with Crippen LogP contribution < -0.4 is 5.32 Å². The molecule has 104 valence electrons. The Kier molecular flexibility index (Phi) is 5.46. The SMILES string of the molecule is CN(C)CC(C)(C)CNCc1cc(F)ccc1C#N. The summed E-state index contributed by atoms with van der Waals surface area (Å²) in [4.78, 5) is 2.14. The fraction of sp³-hybridized carbons (Fsp3) is 0.533. The van der Waals surface area contributed by atoms with Gasteiger partial charge in [0, 0.05) is 19.6 Å². The average molecular weight is 263 g/mol. The van der Waals surface area contributed by atoms with Gasteiger partial charge < -0.3 is 10.2 Å². The molecule has 0 atom stereocenters. The smallest absolute Gasteiger partial charge is 0.123 e. The Morgan fingerprint density at radius 3 is 2.63 bits per heavy atom. The average Bonchev–Trinajstić information content (AvgIpc) is 2.27. The third-order valence-electron chi connectivity index (χ3n) is 2.85. The largest absolute Gasteiger partial charge is 0.312 e. The van der Waals surface area contributed by atoms with Crippen molar-refractivity contribution >= 4 is 0 Å². The first kappa shape index (κ1) is 15.6. The summed E-state index contributed by atoms with van der Waals surface area (Å²) in [7, 11) is 4.09. The summed E-state index contributed by atoms with van der Waals surface area (Å²) in [5.41, 5.74) is 1.37. The molecule has 0 spiro atoms. The van der Waals surface area contributed by atoms with Crippen molar-refractivity contribution in [3.8, 4) is 6.07 Å². The van der Waals surface area contributed by atoms with Crippen LogP contribution in [0.2, 0.25) is 0 Å². The molecule has 0 aliphatic carbocycles. The first-order valence-corrected chi connectivity index (χ1v) is 6.38. The van der Waals surface area contributed by atoms with E-state index in [1.807, 2.05) is 14.1 Å². The molecular weight excluding hydrogens is 241 g/mol. The predicted molar refractivity (Wildman–Crippen MR) is 75.2 cm³/mol. The number of nitriles is 1. The van der Waals surface area contributed by atoms with Crippen molar-refractivity contribution in [2.24, 2.45) is 5.41 Å². The third kappa shape index (κ3) is 5.37. The van der Waals surface area contributed by atoms with Gasteiger partial charge in [-0.1, -0.05) is 13.8 Å². The molecule has 0 unspecified atom stereocenters. The van der Waals surface area contributed by atoms with Gasteiger partial charge in [0.25, 0.3) is 0 Å². The Bertz CT molecular complexity index is 461. The van der Waals surface area contributed by atoms with Crippen molar-refractivity contribution in [2.45, 2.75) is 20.4 Å². The zero-order valence-corrected chi connectivity index (χ0v) is 12.1. The molecule has 0 aliphatic rings. The zero-order valence-electron chi connectivity index (χ0n) is 12.1. The molecule has 0 saturated carbocycles. The lowest BCUT2D eigenvalue weighted by molar-refractivity contribution is 0.232. The first-order valence-electron chi connectivity index (χ1n) is 6.38. The summed E-state index contributed by atoms with van der Waals surface area (Å²) < 4.78 is 13.2. The quantitative estimate of drug-likeness (QED) is 0.856. The molecule has 0 fully saturated rings. The van der Waals surface area contributed by atoms with E-state index in [9.17, 15) is 4.39 Å². The molecule has 0 saturated heterocycles. The molecule has 0 amide bonds. The Labute approximate surface area is 115 Å². The van der Waals surface area contributed by atoms with E-state index in [2.05, 4.69) is 30.1 Å². The maximum Gasteiger partial charge on any atom is 0.123 e. The number of halogens is 1. The van der Waals surface area contributed by atoms with Gasteiger partial charge in [-0.15, -0.1) is 0 Å². The summed E-state index contributed by atoms with van der Waals surface area (Å²) in [6.45, 7) is 6.64. The zero-order chi connectivity index (χ0) is 14.5. The highest BCUT2D eigenvalue weighted by atomic mass is 19.1. The fourth-order valence-corrected chi connectivity index (χ4v) is 2.27. The third-order valence-corrected chi connectivity index (χ3v) is 2.85. The maximum absolute atomic E-state index is 13.2. The Hall–Kier alpha value is -1.44. The minimum absolute atomic E-state index is 0.129. The highest BCUT2D eigenvalue weighted by Crippen LogP contribution is 2.15. The van der Waals surface area contributed by atoms with Crippen molar-refractivity contribution in [3.05, 3.63) is 35.1 Å². The topological polar surface area (TPSA) is 39.1 Å². The second kappa shape index (κ2) is 6.65. The Balaban J connectivity index is 2.58. The lowest BCUT2D eigenvalue weighted by Crippen LogP contribution is -2.37. The second-order valence-corrected chi connectivity index (χ2v) is 5.92. The van der Waals surface area contributed by atoms with Crippen molar-refractivity contribution in [2.75, 3.05) is 27.2 Å². The first-order chi connectivity index (χ1) is 8.84. The molecule has 0 aromatic heterocycles. The normalized spacial score (nSPS) is 11.6. The van der Waals surface area contributed by atoms with Gasteiger partial charge in [-0.25, -0.2) is 4.39 Å². The summed E-state index contributed by atoms with van der Waals surface area (Å²) in [6, 6.07) is 6.35. The molecule has 0 radical (unpaired) electrons. The molecular formula is C15H22FN3. The number of rotatable bonds is 6. The fourth-order valence-electron chi connectivity index (χ4n) is 2.27. The minimum Gasteiger partial charge on any atom is -0.312 e. The van der Waals surface area contributed by atoms with Crippen molar-refractivity contribution < 1.29 is 4.39 Å². The highest BCUT2D eigenvalue weighted by Gasteiger charge is 2.18. The maximum atomic E-state index is 13.2. The highest BCUT2D eigenvalue weighted by molar-refractivity contribution is 5.37. The molecule has 4 heteroatoms. The molecule has 1 N–H and O–H groups in total. The van der Waals surface area contributed by atoms with Crippen LogP contribution in [0.15, 0.2) is 18.2 Å². The Morgan fingerprint density at radius 1 is 1.37 bits per heavy atom. The van der Waals surface area contributed by atoms with Crippen LogP contribution in [0.1, 0.15) is 25.0 Å². The Morgan fingerprint density at radius 2 is 2.05 bits per heavy atom. The van der Waals surface area contributed by atoms with E-state index in [0.717, 1.165) is 13.1 Å². The van der Waals surface area contributed by atoms with Crippen molar-refractivity contribution in [1.82, 2.24) is 10.2 Å². The lowest BCUT2D eigenvalue weighted by Gasteiger charge is -2.28. The van der Waals surface area contributed by atoms with E-state index in [-0.39, 0.29) is 11.2 Å². The van der Waals surface area contributed by atoms with E-state index in [1.54, 1.807) is 0 Å². The standard InChI is InChI=1S/C15H22FN3/c1-15(2,11-19(3)4)10-18-9-13-7-14(16)6-5-12(13)8-17/h5-7,18H,9-11H2,1-4H3. The number of nitrogens with zero attached hydrogens (tertiary/aromatic N) is 2. The number of hydrogen-bond acceptors (Lipinski definition) is 3. The summed E-state index contributed by atoms with van der Waals surface area (Å²) >= 11 is 0. The lowest BCUT2D eigenvalue weighted by atomic mass is 9.93. The van der Waals surface area contributed by atoms with E-state index in [1.165, 1.54) is 18.2 Å². The molecule has 1 rings (SSSR count). The second-order valence-electron chi connectivity index (χ2n) is 5.92. The van der Waals surface area contributed by atoms with Crippen LogP contribution in [0.3, 0.4) is 0 Å². The predicted octanol–water partition coefficient (Wildman–Crippen LogP) is 2.37. The van der Waals surface area contributed by atoms with E-state index in [4.69, 9.17) is 5.26 Å². The van der Waals surface area contributed by atoms with Gasteiger partial charge in [-0.2, -0.15) is 5.26 Å². The van der Waals surface area contributed by atoms with Gasteiger partial charge in [0.1, 0.15) is 5.82 Å². The van der Waals surface area contributed by atoms with Gasteiger partial charge in [-0.05, 0) is 43.3 Å². The summed E-state index contributed by atoms with van der Waals surface area (Å²) in [5, 5.41) is 12.3. The number of nitrogens with one attached hydrogen (secondary N) is 1. The van der Waals surface area contributed by atoms with E-state index in [0.29, 0.717) is 17.7 Å². The number of hydrogen-bond donors (Lipinski definition) is 1. The molecule has 0 aliphatic heterocycles. The van der Waals surface area contributed by atoms with Crippen LogP contribution in [-0.2, 0) is 6.54 Å². The van der Waals surface area contributed by atoms with E-state index >= 15 is 0 Å². The van der Waals surface area contributed by atoms with Crippen LogP contribution in [0, 0.1) is 22.6 Å². The van der Waals surface area contributed by atoms with Gasteiger partial charge in [0.15, 0.2) is 0 Å². The monoisotopic (exact) mass is 263 g/mol. The van der Waals surface area contributed by atoms with Crippen LogP contribution in [0.25, 0.3) is 0 Å². The molecule has 1 aromatic carbocycles. The van der Waals surface area contributed by atoms with Gasteiger partial charge in [0.05, 0.1) is 11.6 Å². The molecule has 0 bridgehead atoms. The van der Waals surface area contributed by atoms with Crippen LogP contribution in [-0.4, -0.2) is 32.1 Å². The molecule has 3 nitrogen and oxygen atoms in total. The van der Waals surface area contributed by atoms with Crippen molar-refractivity contribution in [3.63, 3.8) is 0 Å². The van der Waals surface area contributed by atoms with Crippen molar-refractivity contribution in [1.29, 1.82) is 5.26 Å². The van der Waals surface area contributed by atoms with Crippen LogP contribution >= 0.6 is 0 Å². The van der Waals surface area contributed by atoms with E-state index < -0.39 is 0 Å². The van der Waals surface area contributed by atoms with Gasteiger partial charge >= 0.3 is 0 Å². The van der Waals surface area contributed by atoms with Gasteiger partial charge in [0.2, 0.25) is 0 Å². The summed E-state index contributed by atoms with van der Waals surface area (Å²) in [5.74, 6) is -0.302. The minimum atomic E-state index is -0.302. The molecule has 19 heavy (non-hydrogen) atoms.